The summed E-state index contributed by atoms with van der Waals surface area (Å²) < 4.78 is 0. The molecule has 0 unspecified atom stereocenters. The Kier molecular flexibility index (Phi) is 6.52. The number of hydrogen-bond acceptors (Lipinski definition) is 3. The van der Waals surface area contributed by atoms with Crippen LogP contribution in [0.4, 0.5) is 0 Å². The summed E-state index contributed by atoms with van der Waals surface area (Å²) >= 11 is 0. The molecular weight excluding hydrogens is 326 g/mol. The first-order chi connectivity index (χ1) is 12.5. The summed E-state index contributed by atoms with van der Waals surface area (Å²) in [6.07, 6.45) is 8.42. The van der Waals surface area contributed by atoms with Crippen molar-refractivity contribution in [2.24, 2.45) is 5.92 Å². The molecule has 144 valence electrons. The van der Waals surface area contributed by atoms with E-state index >= 15 is 0 Å². The molecule has 26 heavy (non-hydrogen) atoms. The molecule has 0 spiro atoms. The molecule has 1 aliphatic heterocycles. The van der Waals surface area contributed by atoms with Gasteiger partial charge in [0, 0.05) is 49.6 Å². The lowest BCUT2D eigenvalue weighted by Crippen LogP contribution is -2.49. The van der Waals surface area contributed by atoms with Crippen LogP contribution < -0.4 is 0 Å². The molecule has 1 N–H and O–H groups in total. The molecule has 1 saturated carbocycles. The fourth-order valence-corrected chi connectivity index (χ4v) is 4.42. The predicted molar refractivity (Wildman–Crippen MR) is 103 cm³/mol. The maximum absolute atomic E-state index is 12.5. The summed E-state index contributed by atoms with van der Waals surface area (Å²) in [4.78, 5) is 32.3. The molecule has 1 saturated heterocycles. The zero-order valence-electron chi connectivity index (χ0n) is 16.4. The highest BCUT2D eigenvalue weighted by Gasteiger charge is 2.24. The van der Waals surface area contributed by atoms with Crippen molar-refractivity contribution in [1.29, 1.82) is 0 Å². The van der Waals surface area contributed by atoms with Crippen LogP contribution in [0.1, 0.15) is 66.7 Å². The lowest BCUT2D eigenvalue weighted by atomic mass is 9.86. The van der Waals surface area contributed by atoms with Crippen LogP contribution in [-0.2, 0) is 4.79 Å². The first kappa shape index (κ1) is 19.2. The molecule has 1 amide bonds. The third-order valence-corrected chi connectivity index (χ3v) is 6.03. The highest BCUT2D eigenvalue weighted by Crippen LogP contribution is 2.27. The number of hydrogen-bond donors (Lipinski definition) is 1. The molecule has 2 heterocycles. The third-order valence-electron chi connectivity index (χ3n) is 6.03. The SMILES string of the molecule is Cc1cc(C(=O)CN2CCN(C(=O)CCC3CCCCC3)CC2)c(C)[nH]1. The second kappa shape index (κ2) is 8.85. The van der Waals surface area contributed by atoms with Crippen LogP contribution in [0, 0.1) is 19.8 Å². The first-order valence-electron chi connectivity index (χ1n) is 10.2. The highest BCUT2D eigenvalue weighted by molar-refractivity contribution is 5.98. The Labute approximate surface area is 157 Å². The van der Waals surface area contributed by atoms with Crippen LogP contribution in [-0.4, -0.2) is 59.2 Å². The van der Waals surface area contributed by atoms with Crippen LogP contribution >= 0.6 is 0 Å². The van der Waals surface area contributed by atoms with E-state index in [2.05, 4.69) is 9.88 Å². The lowest BCUT2D eigenvalue weighted by Gasteiger charge is -2.34. The van der Waals surface area contributed by atoms with Crippen LogP contribution in [0.3, 0.4) is 0 Å². The largest absolute Gasteiger partial charge is 0.362 e. The van der Waals surface area contributed by atoms with Gasteiger partial charge in [0.1, 0.15) is 0 Å². The zero-order chi connectivity index (χ0) is 18.5. The molecule has 2 fully saturated rings. The topological polar surface area (TPSA) is 56.4 Å². The van der Waals surface area contributed by atoms with Gasteiger partial charge in [-0.3, -0.25) is 14.5 Å². The van der Waals surface area contributed by atoms with Crippen molar-refractivity contribution in [3.63, 3.8) is 0 Å². The number of H-pyrrole nitrogens is 1. The number of Topliss-reactive ketones (excluding diaryl/α,β-unsaturated/α-hetero) is 1. The Morgan fingerprint density at radius 3 is 2.38 bits per heavy atom. The van der Waals surface area contributed by atoms with Gasteiger partial charge in [-0.25, -0.2) is 0 Å². The zero-order valence-corrected chi connectivity index (χ0v) is 16.4. The van der Waals surface area contributed by atoms with Gasteiger partial charge < -0.3 is 9.88 Å². The van der Waals surface area contributed by atoms with E-state index in [9.17, 15) is 9.59 Å². The van der Waals surface area contributed by atoms with Crippen LogP contribution in [0.2, 0.25) is 0 Å². The van der Waals surface area contributed by atoms with E-state index in [1.807, 2.05) is 24.8 Å². The van der Waals surface area contributed by atoms with E-state index in [1.165, 1.54) is 32.1 Å². The molecule has 0 radical (unpaired) electrons. The number of ketones is 1. The van der Waals surface area contributed by atoms with Gasteiger partial charge in [-0.15, -0.1) is 0 Å². The molecule has 2 aliphatic rings. The molecule has 0 aromatic carbocycles. The van der Waals surface area contributed by atoms with Gasteiger partial charge in [-0.1, -0.05) is 32.1 Å². The number of rotatable bonds is 6. The maximum atomic E-state index is 12.5. The average molecular weight is 360 g/mol. The minimum atomic E-state index is 0.170. The van der Waals surface area contributed by atoms with Gasteiger partial charge >= 0.3 is 0 Å². The minimum absolute atomic E-state index is 0.170. The fraction of sp³-hybridized carbons (Fsp3) is 0.714. The van der Waals surface area contributed by atoms with Crippen LogP contribution in [0.5, 0.6) is 0 Å². The van der Waals surface area contributed by atoms with Crippen molar-refractivity contribution >= 4 is 11.7 Å². The molecular formula is C21H33N3O2. The van der Waals surface area contributed by atoms with E-state index in [4.69, 9.17) is 0 Å². The normalized spacial score (nSPS) is 19.7. The van der Waals surface area contributed by atoms with Crippen molar-refractivity contribution in [2.45, 2.75) is 58.8 Å². The molecule has 3 rings (SSSR count). The second-order valence-electron chi connectivity index (χ2n) is 8.11. The number of aromatic amines is 1. The van der Waals surface area contributed by atoms with E-state index < -0.39 is 0 Å². The Morgan fingerprint density at radius 1 is 1.08 bits per heavy atom. The summed E-state index contributed by atoms with van der Waals surface area (Å²) in [7, 11) is 0. The Bertz CT molecular complexity index is 623. The molecule has 1 aromatic heterocycles. The predicted octanol–water partition coefficient (Wildman–Crippen LogP) is 3.32. The van der Waals surface area contributed by atoms with Crippen LogP contribution in [0.25, 0.3) is 0 Å². The fourth-order valence-electron chi connectivity index (χ4n) is 4.42. The number of amides is 1. The number of carbonyl (C=O) groups excluding carboxylic acids is 2. The number of nitrogens with zero attached hydrogens (tertiary/aromatic N) is 2. The van der Waals surface area contributed by atoms with Crippen molar-refractivity contribution in [3.05, 3.63) is 23.0 Å². The van der Waals surface area contributed by atoms with Gasteiger partial charge in [-0.05, 0) is 32.3 Å². The third kappa shape index (κ3) is 4.97. The Hall–Kier alpha value is -1.62. The summed E-state index contributed by atoms with van der Waals surface area (Å²) in [6.45, 7) is 7.46. The van der Waals surface area contributed by atoms with E-state index in [1.54, 1.807) is 0 Å². The van der Waals surface area contributed by atoms with Crippen molar-refractivity contribution < 1.29 is 9.59 Å². The maximum Gasteiger partial charge on any atom is 0.222 e. The minimum Gasteiger partial charge on any atom is -0.362 e. The van der Waals surface area contributed by atoms with Gasteiger partial charge in [0.15, 0.2) is 5.78 Å². The summed E-state index contributed by atoms with van der Waals surface area (Å²) in [5.74, 6) is 1.24. The Balaban J connectivity index is 1.40. The summed E-state index contributed by atoms with van der Waals surface area (Å²) in [5, 5.41) is 0. The molecule has 5 heteroatoms. The van der Waals surface area contributed by atoms with Gasteiger partial charge in [0.2, 0.25) is 5.91 Å². The monoisotopic (exact) mass is 359 g/mol. The quantitative estimate of drug-likeness (QED) is 0.793. The van der Waals surface area contributed by atoms with E-state index in [-0.39, 0.29) is 5.78 Å². The van der Waals surface area contributed by atoms with Gasteiger partial charge in [0.25, 0.3) is 0 Å². The molecule has 0 bridgehead atoms. The number of carbonyl (C=O) groups is 2. The van der Waals surface area contributed by atoms with Gasteiger partial charge in [-0.2, -0.15) is 0 Å². The van der Waals surface area contributed by atoms with Crippen molar-refractivity contribution in [1.82, 2.24) is 14.8 Å². The standard InChI is InChI=1S/C21H33N3O2/c1-16-14-19(17(2)22-16)20(25)15-23-10-12-24(13-11-23)21(26)9-8-18-6-4-3-5-7-18/h14,18,22H,3-13,15H2,1-2H3. The molecule has 5 nitrogen and oxygen atoms in total. The van der Waals surface area contributed by atoms with Crippen LogP contribution in [0.15, 0.2) is 6.07 Å². The van der Waals surface area contributed by atoms with E-state index in [0.717, 1.165) is 55.5 Å². The first-order valence-corrected chi connectivity index (χ1v) is 10.2. The second-order valence-corrected chi connectivity index (χ2v) is 8.11. The molecule has 1 aromatic rings. The van der Waals surface area contributed by atoms with E-state index in [0.29, 0.717) is 18.9 Å². The number of aryl methyl sites for hydroxylation is 2. The molecule has 0 atom stereocenters. The lowest BCUT2D eigenvalue weighted by molar-refractivity contribution is -0.133. The smallest absolute Gasteiger partial charge is 0.222 e. The Morgan fingerprint density at radius 2 is 1.77 bits per heavy atom. The number of aromatic nitrogens is 1. The summed E-state index contributed by atoms with van der Waals surface area (Å²) in [6, 6.07) is 1.93. The summed E-state index contributed by atoms with van der Waals surface area (Å²) in [5.41, 5.74) is 2.77. The van der Waals surface area contributed by atoms with Crippen molar-refractivity contribution in [3.8, 4) is 0 Å². The number of piperazine rings is 1. The van der Waals surface area contributed by atoms with Gasteiger partial charge in [0.05, 0.1) is 6.54 Å². The van der Waals surface area contributed by atoms with Crippen molar-refractivity contribution in [2.75, 3.05) is 32.7 Å². The molecule has 1 aliphatic carbocycles. The average Bonchev–Trinajstić information content (AvgIpc) is 2.99. The number of nitrogens with one attached hydrogen (secondary N) is 1. The highest BCUT2D eigenvalue weighted by atomic mass is 16.2.